The van der Waals surface area contributed by atoms with Gasteiger partial charge in [-0.05, 0) is 49.3 Å². The monoisotopic (exact) mass is 450 g/mol. The van der Waals surface area contributed by atoms with E-state index in [1.165, 1.54) is 29.5 Å². The van der Waals surface area contributed by atoms with Gasteiger partial charge in [-0.15, -0.1) is 11.3 Å². The summed E-state index contributed by atoms with van der Waals surface area (Å²) in [6, 6.07) is 5.25. The number of hydrogen-bond acceptors (Lipinski definition) is 5. The Bertz CT molecular complexity index is 1110. The smallest absolute Gasteiger partial charge is 0.259 e. The Morgan fingerprint density at radius 2 is 1.93 bits per heavy atom. The van der Waals surface area contributed by atoms with Gasteiger partial charge in [-0.3, -0.25) is 9.59 Å². The summed E-state index contributed by atoms with van der Waals surface area (Å²) in [6.07, 6.45) is 2.85. The number of nitrogens with one attached hydrogen (secondary N) is 2. The fourth-order valence-corrected chi connectivity index (χ4v) is 7.14. The van der Waals surface area contributed by atoms with E-state index in [0.717, 1.165) is 23.3 Å². The van der Waals surface area contributed by atoms with Crippen molar-refractivity contribution < 1.29 is 22.4 Å². The van der Waals surface area contributed by atoms with E-state index in [9.17, 15) is 22.4 Å². The van der Waals surface area contributed by atoms with Gasteiger partial charge in [-0.2, -0.15) is 0 Å². The van der Waals surface area contributed by atoms with E-state index in [-0.39, 0.29) is 23.0 Å². The normalized spacial score (nSPS) is 22.3. The van der Waals surface area contributed by atoms with Crippen LogP contribution in [0, 0.1) is 11.7 Å². The molecule has 2 N–H and O–H groups in total. The van der Waals surface area contributed by atoms with E-state index in [4.69, 9.17) is 0 Å². The van der Waals surface area contributed by atoms with Crippen LogP contribution in [0.1, 0.15) is 50.9 Å². The lowest BCUT2D eigenvalue weighted by Gasteiger charge is -2.19. The van der Waals surface area contributed by atoms with Crippen LogP contribution in [0.3, 0.4) is 0 Å². The Morgan fingerprint density at radius 3 is 2.63 bits per heavy atom. The van der Waals surface area contributed by atoms with Crippen molar-refractivity contribution in [3.8, 4) is 0 Å². The Balaban J connectivity index is 1.64. The molecule has 9 heteroatoms. The molecule has 2 unspecified atom stereocenters. The summed E-state index contributed by atoms with van der Waals surface area (Å²) in [5.74, 6) is -1.16. The molecule has 1 aliphatic carbocycles. The molecule has 1 saturated heterocycles. The number of carbonyl (C=O) groups excluding carboxylic acids is 2. The third-order valence-electron chi connectivity index (χ3n) is 5.65. The number of hydrogen-bond donors (Lipinski definition) is 2. The Morgan fingerprint density at radius 1 is 1.17 bits per heavy atom. The molecule has 0 saturated carbocycles. The lowest BCUT2D eigenvalue weighted by molar-refractivity contribution is 0.0941. The van der Waals surface area contributed by atoms with Crippen LogP contribution in [0.15, 0.2) is 24.3 Å². The Labute approximate surface area is 178 Å². The van der Waals surface area contributed by atoms with Crippen molar-refractivity contribution in [2.24, 2.45) is 5.92 Å². The largest absolute Gasteiger partial charge is 0.348 e. The standard InChI is InChI=1S/C21H23FN2O4S2/c1-12-6-7-15-17(10-12)29-21(24-19(25)14-4-2-3-5-16(14)22)18(15)20(26)23-13-8-9-30(27,28)11-13/h2-5,12-13H,6-11H2,1H3,(H,23,26)(H,24,25). The minimum Gasteiger partial charge on any atom is -0.348 e. The molecule has 30 heavy (non-hydrogen) atoms. The summed E-state index contributed by atoms with van der Waals surface area (Å²) < 4.78 is 37.5. The molecule has 2 amide bonds. The van der Waals surface area contributed by atoms with Crippen LogP contribution >= 0.6 is 11.3 Å². The van der Waals surface area contributed by atoms with E-state index in [1.54, 1.807) is 6.07 Å². The molecule has 2 atom stereocenters. The SMILES string of the molecule is CC1CCc2c(sc(NC(=O)c3ccccc3F)c2C(=O)NC2CCS(=O)(=O)C2)C1. The molecule has 2 aromatic rings. The number of benzene rings is 1. The van der Waals surface area contributed by atoms with Crippen molar-refractivity contribution in [3.63, 3.8) is 0 Å². The zero-order valence-corrected chi connectivity index (χ0v) is 18.2. The van der Waals surface area contributed by atoms with Gasteiger partial charge in [0, 0.05) is 10.9 Å². The number of thiophene rings is 1. The van der Waals surface area contributed by atoms with Crippen molar-refractivity contribution in [3.05, 3.63) is 51.7 Å². The highest BCUT2D eigenvalue weighted by Gasteiger charge is 2.33. The van der Waals surface area contributed by atoms with Crippen LogP contribution in [0.2, 0.25) is 0 Å². The van der Waals surface area contributed by atoms with E-state index >= 15 is 0 Å². The average molecular weight is 451 g/mol. The molecule has 1 fully saturated rings. The topological polar surface area (TPSA) is 92.3 Å². The first kappa shape index (κ1) is 21.0. The fraction of sp³-hybridized carbons (Fsp3) is 0.429. The van der Waals surface area contributed by atoms with Crippen molar-refractivity contribution in [1.82, 2.24) is 5.32 Å². The summed E-state index contributed by atoms with van der Waals surface area (Å²) in [5.41, 5.74) is 1.20. The van der Waals surface area contributed by atoms with Crippen LogP contribution in [-0.4, -0.2) is 37.8 Å². The molecule has 4 rings (SSSR count). The minimum atomic E-state index is -3.13. The molecular weight excluding hydrogens is 427 g/mol. The molecule has 160 valence electrons. The first-order valence-electron chi connectivity index (χ1n) is 9.95. The van der Waals surface area contributed by atoms with E-state index in [0.29, 0.717) is 29.3 Å². The van der Waals surface area contributed by atoms with E-state index in [2.05, 4.69) is 17.6 Å². The molecular formula is C21H23FN2O4S2. The van der Waals surface area contributed by atoms with Crippen LogP contribution in [0.25, 0.3) is 0 Å². The van der Waals surface area contributed by atoms with Crippen LogP contribution in [0.4, 0.5) is 9.39 Å². The number of fused-ring (bicyclic) bond motifs is 1. The molecule has 1 aromatic heterocycles. The summed E-state index contributed by atoms with van der Waals surface area (Å²) >= 11 is 1.35. The predicted molar refractivity (Wildman–Crippen MR) is 114 cm³/mol. The van der Waals surface area contributed by atoms with Gasteiger partial charge in [-0.25, -0.2) is 12.8 Å². The quantitative estimate of drug-likeness (QED) is 0.748. The maximum atomic E-state index is 14.0. The molecule has 0 radical (unpaired) electrons. The zero-order chi connectivity index (χ0) is 21.5. The molecule has 2 heterocycles. The number of halogens is 1. The highest BCUT2D eigenvalue weighted by Crippen LogP contribution is 2.40. The van der Waals surface area contributed by atoms with Gasteiger partial charge in [0.2, 0.25) is 0 Å². The fourth-order valence-electron chi connectivity index (χ4n) is 4.06. The van der Waals surface area contributed by atoms with Crippen molar-refractivity contribution in [1.29, 1.82) is 0 Å². The molecule has 1 aromatic carbocycles. The van der Waals surface area contributed by atoms with Gasteiger partial charge in [-0.1, -0.05) is 19.1 Å². The highest BCUT2D eigenvalue weighted by atomic mass is 32.2. The lowest BCUT2D eigenvalue weighted by Crippen LogP contribution is -2.36. The molecule has 2 aliphatic rings. The van der Waals surface area contributed by atoms with Crippen LogP contribution < -0.4 is 10.6 Å². The molecule has 0 bridgehead atoms. The van der Waals surface area contributed by atoms with Gasteiger partial charge in [0.05, 0.1) is 22.6 Å². The number of sulfone groups is 1. The van der Waals surface area contributed by atoms with E-state index in [1.807, 2.05) is 0 Å². The van der Waals surface area contributed by atoms with Gasteiger partial charge in [0.25, 0.3) is 11.8 Å². The van der Waals surface area contributed by atoms with Crippen molar-refractivity contribution in [2.75, 3.05) is 16.8 Å². The van der Waals surface area contributed by atoms with Crippen LogP contribution in [-0.2, 0) is 22.7 Å². The van der Waals surface area contributed by atoms with Gasteiger partial charge in [0.1, 0.15) is 10.8 Å². The minimum absolute atomic E-state index is 0.0636. The summed E-state index contributed by atoms with van der Waals surface area (Å²) in [5, 5.41) is 5.94. The van der Waals surface area contributed by atoms with Gasteiger partial charge < -0.3 is 10.6 Å². The molecule has 6 nitrogen and oxygen atoms in total. The number of rotatable bonds is 4. The highest BCUT2D eigenvalue weighted by molar-refractivity contribution is 7.91. The first-order chi connectivity index (χ1) is 14.2. The summed E-state index contributed by atoms with van der Waals surface area (Å²) in [6.45, 7) is 2.14. The molecule has 1 aliphatic heterocycles. The summed E-state index contributed by atoms with van der Waals surface area (Å²) in [4.78, 5) is 26.8. The third-order valence-corrected chi connectivity index (χ3v) is 8.59. The maximum absolute atomic E-state index is 14.0. The number of carbonyl (C=O) groups is 2. The first-order valence-corrected chi connectivity index (χ1v) is 12.6. The van der Waals surface area contributed by atoms with Crippen molar-refractivity contribution in [2.45, 2.75) is 38.6 Å². The zero-order valence-electron chi connectivity index (χ0n) is 16.5. The Kier molecular flexibility index (Phi) is 5.67. The Hall–Kier alpha value is -2.26. The van der Waals surface area contributed by atoms with Gasteiger partial charge >= 0.3 is 0 Å². The third kappa shape index (κ3) is 4.27. The van der Waals surface area contributed by atoms with Crippen LogP contribution in [0.5, 0.6) is 0 Å². The maximum Gasteiger partial charge on any atom is 0.259 e. The number of anilines is 1. The average Bonchev–Trinajstić information content (AvgIpc) is 3.20. The molecule has 0 spiro atoms. The number of amides is 2. The second kappa shape index (κ2) is 8.11. The second-order valence-electron chi connectivity index (χ2n) is 8.06. The van der Waals surface area contributed by atoms with Gasteiger partial charge in [0.15, 0.2) is 9.84 Å². The lowest BCUT2D eigenvalue weighted by atomic mass is 9.88. The van der Waals surface area contributed by atoms with E-state index < -0.39 is 27.6 Å². The second-order valence-corrected chi connectivity index (χ2v) is 11.4. The summed E-state index contributed by atoms with van der Waals surface area (Å²) in [7, 11) is -3.13. The predicted octanol–water partition coefficient (Wildman–Crippen LogP) is 3.18. The van der Waals surface area contributed by atoms with Crippen molar-refractivity contribution >= 4 is 38.0 Å².